The number of primary amides is 1. The molecule has 1 aliphatic rings. The van der Waals surface area contributed by atoms with Gasteiger partial charge in [-0.3, -0.25) is 24.7 Å². The van der Waals surface area contributed by atoms with E-state index in [0.29, 0.717) is 11.3 Å². The van der Waals surface area contributed by atoms with E-state index in [0.717, 1.165) is 0 Å². The van der Waals surface area contributed by atoms with Crippen molar-refractivity contribution >= 4 is 34.6 Å². The molecule has 0 bridgehead atoms. The molecule has 0 fully saturated rings. The van der Waals surface area contributed by atoms with Crippen LogP contribution in [0.1, 0.15) is 12.0 Å². The highest BCUT2D eigenvalue weighted by Crippen LogP contribution is 2.26. The number of halogens is 1. The predicted octanol–water partition coefficient (Wildman–Crippen LogP) is 2.10. The van der Waals surface area contributed by atoms with Gasteiger partial charge in [0.05, 0.1) is 10.6 Å². The smallest absolute Gasteiger partial charge is 0.274 e. The number of nitrogens with one attached hydrogen (secondary N) is 1. The number of nitrogens with two attached hydrogens (primary N) is 1. The topological polar surface area (TPSA) is 131 Å². The molecule has 0 radical (unpaired) electrons. The van der Waals surface area contributed by atoms with Crippen LogP contribution in [0, 0.1) is 22.9 Å². The summed E-state index contributed by atoms with van der Waals surface area (Å²) in [5.74, 6) is -1.77. The van der Waals surface area contributed by atoms with Crippen molar-refractivity contribution in [2.75, 3.05) is 10.3 Å². The zero-order valence-corrected chi connectivity index (χ0v) is 14.8. The van der Waals surface area contributed by atoms with Gasteiger partial charge in [0.25, 0.3) is 11.6 Å². The first kappa shape index (κ1) is 19.0. The maximum atomic E-state index is 13.1. The van der Waals surface area contributed by atoms with Crippen LogP contribution in [0.15, 0.2) is 47.6 Å². The molecular formula is C18H16FN5O4. The number of hydrazone groups is 1. The number of hydrogen-bond acceptors (Lipinski definition) is 6. The minimum atomic E-state index is -0.904. The minimum absolute atomic E-state index is 0.0244. The molecule has 0 aromatic heterocycles. The molecule has 28 heavy (non-hydrogen) atoms. The van der Waals surface area contributed by atoms with Crippen molar-refractivity contribution in [2.45, 2.75) is 19.4 Å². The maximum absolute atomic E-state index is 13.1. The van der Waals surface area contributed by atoms with Crippen LogP contribution in [0.3, 0.4) is 0 Å². The first-order valence-electron chi connectivity index (χ1n) is 8.24. The van der Waals surface area contributed by atoms with E-state index in [1.807, 2.05) is 0 Å². The van der Waals surface area contributed by atoms with Crippen LogP contribution in [0.2, 0.25) is 0 Å². The summed E-state index contributed by atoms with van der Waals surface area (Å²) >= 11 is 0. The number of nitro benzene ring substituents is 1. The average Bonchev–Trinajstić information content (AvgIpc) is 3.09. The van der Waals surface area contributed by atoms with E-state index < -0.39 is 28.6 Å². The Morgan fingerprint density at radius 2 is 1.96 bits per heavy atom. The van der Waals surface area contributed by atoms with E-state index in [2.05, 4.69) is 10.4 Å². The molecule has 2 aromatic carbocycles. The number of benzene rings is 2. The van der Waals surface area contributed by atoms with E-state index >= 15 is 0 Å². The third-order valence-corrected chi connectivity index (χ3v) is 4.26. The van der Waals surface area contributed by atoms with Gasteiger partial charge >= 0.3 is 0 Å². The number of hydrogen-bond donors (Lipinski definition) is 2. The van der Waals surface area contributed by atoms with E-state index in [4.69, 9.17) is 5.73 Å². The molecule has 9 nitrogen and oxygen atoms in total. The molecule has 1 aliphatic heterocycles. The van der Waals surface area contributed by atoms with Crippen LogP contribution in [0.25, 0.3) is 0 Å². The van der Waals surface area contributed by atoms with Gasteiger partial charge in [-0.1, -0.05) is 6.07 Å². The van der Waals surface area contributed by atoms with Gasteiger partial charge in [-0.2, -0.15) is 5.10 Å². The van der Waals surface area contributed by atoms with Crippen LogP contribution in [-0.2, 0) is 9.59 Å². The van der Waals surface area contributed by atoms with Gasteiger partial charge in [-0.05, 0) is 37.3 Å². The zero-order valence-electron chi connectivity index (χ0n) is 14.8. The Hall–Kier alpha value is -3.82. The standard InChI is InChI=1S/C18H16FN5O4/c1-10-2-5-12(8-15(10)24(27)28)21-18(26)14-9-16(17(20)25)23(22-14)13-6-3-11(19)4-7-13/h2-8,16H,9H2,1H3,(H2,20,25)(H,21,26)/t16-/m1/s1. The highest BCUT2D eigenvalue weighted by Gasteiger charge is 2.35. The van der Waals surface area contributed by atoms with Crippen molar-refractivity contribution in [1.82, 2.24) is 0 Å². The molecule has 1 atom stereocenters. The molecule has 144 valence electrons. The lowest BCUT2D eigenvalue weighted by atomic mass is 10.1. The SMILES string of the molecule is Cc1ccc(NC(=O)C2=NN(c3ccc(F)cc3)[C@@H](C(N)=O)C2)cc1[N+](=O)[O-]. The fraction of sp³-hybridized carbons (Fsp3) is 0.167. The maximum Gasteiger partial charge on any atom is 0.274 e. The minimum Gasteiger partial charge on any atom is -0.368 e. The molecule has 0 unspecified atom stereocenters. The first-order chi connectivity index (χ1) is 13.3. The number of rotatable bonds is 5. The monoisotopic (exact) mass is 385 g/mol. The lowest BCUT2D eigenvalue weighted by molar-refractivity contribution is -0.385. The third kappa shape index (κ3) is 3.80. The fourth-order valence-electron chi connectivity index (χ4n) is 2.79. The molecule has 3 N–H and O–H groups in total. The third-order valence-electron chi connectivity index (χ3n) is 4.26. The van der Waals surface area contributed by atoms with Crippen molar-refractivity contribution < 1.29 is 18.9 Å². The van der Waals surface area contributed by atoms with E-state index in [-0.39, 0.29) is 23.5 Å². The van der Waals surface area contributed by atoms with Gasteiger partial charge in [0.2, 0.25) is 5.91 Å². The second kappa shape index (κ2) is 7.43. The van der Waals surface area contributed by atoms with E-state index in [9.17, 15) is 24.1 Å². The van der Waals surface area contributed by atoms with Gasteiger partial charge in [0.1, 0.15) is 17.6 Å². The van der Waals surface area contributed by atoms with Gasteiger partial charge in [-0.25, -0.2) is 4.39 Å². The second-order valence-electron chi connectivity index (χ2n) is 6.20. The van der Waals surface area contributed by atoms with Crippen molar-refractivity contribution in [3.8, 4) is 0 Å². The van der Waals surface area contributed by atoms with Gasteiger partial charge in [0, 0.05) is 23.7 Å². The number of nitro groups is 1. The van der Waals surface area contributed by atoms with Gasteiger partial charge in [0.15, 0.2) is 0 Å². The number of aryl methyl sites for hydroxylation is 1. The van der Waals surface area contributed by atoms with Crippen LogP contribution in [0.5, 0.6) is 0 Å². The lowest BCUT2D eigenvalue weighted by Crippen LogP contribution is -2.39. The highest BCUT2D eigenvalue weighted by atomic mass is 19.1. The van der Waals surface area contributed by atoms with Crippen molar-refractivity contribution in [3.63, 3.8) is 0 Å². The van der Waals surface area contributed by atoms with Crippen LogP contribution in [-0.4, -0.2) is 28.5 Å². The lowest BCUT2D eigenvalue weighted by Gasteiger charge is -2.20. The molecule has 0 saturated carbocycles. The first-order valence-corrected chi connectivity index (χ1v) is 8.24. The van der Waals surface area contributed by atoms with Crippen LogP contribution < -0.4 is 16.1 Å². The molecule has 2 amide bonds. The fourth-order valence-corrected chi connectivity index (χ4v) is 2.79. The van der Waals surface area contributed by atoms with Crippen LogP contribution in [0.4, 0.5) is 21.5 Å². The number of carbonyl (C=O) groups excluding carboxylic acids is 2. The second-order valence-corrected chi connectivity index (χ2v) is 6.20. The molecule has 0 saturated heterocycles. The molecule has 0 spiro atoms. The van der Waals surface area contributed by atoms with Crippen molar-refractivity contribution in [1.29, 1.82) is 0 Å². The molecular weight excluding hydrogens is 369 g/mol. The number of anilines is 2. The molecule has 0 aliphatic carbocycles. The summed E-state index contributed by atoms with van der Waals surface area (Å²) in [6, 6.07) is 8.61. The average molecular weight is 385 g/mol. The van der Waals surface area contributed by atoms with Gasteiger partial charge < -0.3 is 11.1 Å². The number of nitrogens with zero attached hydrogens (tertiary/aromatic N) is 3. The normalized spacial score (nSPS) is 15.9. The Kier molecular flexibility index (Phi) is 5.03. The van der Waals surface area contributed by atoms with Gasteiger partial charge in [-0.15, -0.1) is 0 Å². The Morgan fingerprint density at radius 1 is 1.29 bits per heavy atom. The van der Waals surface area contributed by atoms with Crippen molar-refractivity contribution in [3.05, 3.63) is 64.0 Å². The highest BCUT2D eigenvalue weighted by molar-refractivity contribution is 6.44. The van der Waals surface area contributed by atoms with E-state index in [1.54, 1.807) is 6.92 Å². The summed E-state index contributed by atoms with van der Waals surface area (Å²) in [6.45, 7) is 1.59. The van der Waals surface area contributed by atoms with Crippen molar-refractivity contribution in [2.24, 2.45) is 10.8 Å². The quantitative estimate of drug-likeness (QED) is 0.601. The summed E-state index contributed by atoms with van der Waals surface area (Å²) in [7, 11) is 0. The number of carbonyl (C=O) groups is 2. The number of amides is 2. The Balaban J connectivity index is 1.84. The predicted molar refractivity (Wildman–Crippen MR) is 100 cm³/mol. The summed E-state index contributed by atoms with van der Waals surface area (Å²) < 4.78 is 13.1. The molecule has 10 heteroatoms. The molecule has 3 rings (SSSR count). The summed E-state index contributed by atoms with van der Waals surface area (Å²) in [4.78, 5) is 34.8. The Morgan fingerprint density at radius 3 is 2.57 bits per heavy atom. The summed E-state index contributed by atoms with van der Waals surface area (Å²) in [5.41, 5.74) is 6.38. The molecule has 2 aromatic rings. The Bertz CT molecular complexity index is 990. The summed E-state index contributed by atoms with van der Waals surface area (Å²) in [5, 5.41) is 19.0. The largest absolute Gasteiger partial charge is 0.368 e. The summed E-state index contributed by atoms with van der Waals surface area (Å²) in [6.07, 6.45) is -0.0491. The van der Waals surface area contributed by atoms with E-state index in [1.165, 1.54) is 47.5 Å². The molecule has 1 heterocycles. The Labute approximate surface area is 158 Å². The van der Waals surface area contributed by atoms with Crippen LogP contribution >= 0.6 is 0 Å². The zero-order chi connectivity index (χ0) is 20.4.